The van der Waals surface area contributed by atoms with Crippen LogP contribution in [-0.4, -0.2) is 121 Å². The third kappa shape index (κ3) is 6.21. The van der Waals surface area contributed by atoms with E-state index in [4.69, 9.17) is 1.37 Å². The summed E-state index contributed by atoms with van der Waals surface area (Å²) in [7, 11) is 1.29. The van der Waals surface area contributed by atoms with Crippen LogP contribution >= 0.6 is 0 Å². The summed E-state index contributed by atoms with van der Waals surface area (Å²) < 4.78 is 8.07. The minimum atomic E-state index is -3.28. The summed E-state index contributed by atoms with van der Waals surface area (Å²) in [6.45, 7) is 9.71. The molecule has 0 fully saturated rings. The van der Waals surface area contributed by atoms with Crippen molar-refractivity contribution >= 4 is 35.1 Å². The fourth-order valence-electron chi connectivity index (χ4n) is 4.66. The number of aliphatic carboxylic acids is 1. The number of carboxylic acid groups (broad SMARTS) is 1. The van der Waals surface area contributed by atoms with Gasteiger partial charge in [-0.15, -0.1) is 0 Å². The van der Waals surface area contributed by atoms with Crippen molar-refractivity contribution in [1.29, 1.82) is 0 Å². The second kappa shape index (κ2) is 13.1. The van der Waals surface area contributed by atoms with E-state index in [0.717, 1.165) is 27.8 Å². The van der Waals surface area contributed by atoms with Crippen LogP contribution in [0.2, 0.25) is 0 Å². The van der Waals surface area contributed by atoms with E-state index in [9.17, 15) is 49.2 Å². The van der Waals surface area contributed by atoms with Crippen molar-refractivity contribution < 1.29 is 50.6 Å². The number of likely N-dealkylation sites (N-methyl/N-ethyl adjacent to an activating group) is 3. The first-order chi connectivity index (χ1) is 18.1. The Hall–Kier alpha value is -2.74. The molecule has 0 heterocycles. The summed E-state index contributed by atoms with van der Waals surface area (Å²) in [5.41, 5.74) is -8.98. The molecule has 224 valence electrons. The summed E-state index contributed by atoms with van der Waals surface area (Å²) in [4.78, 5) is 82.6. The van der Waals surface area contributed by atoms with E-state index in [1.165, 1.54) is 20.9 Å². The molecule has 0 rings (SSSR count). The number of carbonyl (C=O) groups excluding carboxylic acids is 5. The molecule has 0 aromatic rings. The Balaban J connectivity index is 8.31. The van der Waals surface area contributed by atoms with Gasteiger partial charge >= 0.3 is 5.97 Å². The first-order valence-corrected chi connectivity index (χ1v) is 12.6. The number of amides is 2. The number of aliphatic hydroxyl groups is 3. The highest BCUT2D eigenvalue weighted by Gasteiger charge is 2.67. The van der Waals surface area contributed by atoms with Gasteiger partial charge < -0.3 is 35.5 Å². The quantitative estimate of drug-likeness (QED) is 0.154. The maximum atomic E-state index is 15.0. The summed E-state index contributed by atoms with van der Waals surface area (Å²) in [6, 6.07) is -1.16. The van der Waals surface area contributed by atoms with Gasteiger partial charge in [-0.05, 0) is 46.6 Å². The SMILES string of the molecule is [2H]CN(C(=O)[C@@H](C)O)[C@](C)(C(=O)[C@@H](NC)C(C)C)C(=O)[C@@](C(=O)[C@](C)(O)C(=O)O)([C@@H](C)CC)N(C)C(=O)[C@H](C)O. The van der Waals surface area contributed by atoms with E-state index < -0.39 is 88.9 Å². The number of aliphatic hydroxyl groups excluding tert-OH is 2. The van der Waals surface area contributed by atoms with Gasteiger partial charge in [0, 0.05) is 15.4 Å². The molecule has 5 N–H and O–H groups in total. The van der Waals surface area contributed by atoms with Gasteiger partial charge in [0.05, 0.1) is 6.04 Å². The van der Waals surface area contributed by atoms with E-state index in [0.29, 0.717) is 16.7 Å². The average Bonchev–Trinajstić information content (AvgIpc) is 2.87. The fourth-order valence-corrected chi connectivity index (χ4v) is 4.66. The summed E-state index contributed by atoms with van der Waals surface area (Å²) in [5.74, 6) is -10.5. The normalized spacial score (nSPS) is 19.7. The van der Waals surface area contributed by atoms with Gasteiger partial charge in [-0.25, -0.2) is 4.79 Å². The molecule has 39 heavy (non-hydrogen) atoms. The fraction of sp³-hybridized carbons (Fsp3) is 0.769. The van der Waals surface area contributed by atoms with Crippen molar-refractivity contribution in [2.45, 2.75) is 96.7 Å². The van der Waals surface area contributed by atoms with Crippen LogP contribution in [0.3, 0.4) is 0 Å². The number of nitrogens with zero attached hydrogens (tertiary/aromatic N) is 2. The Bertz CT molecular complexity index is 999. The zero-order valence-corrected chi connectivity index (χ0v) is 24.4. The lowest BCUT2D eigenvalue weighted by Crippen LogP contribution is -2.78. The Morgan fingerprint density at radius 2 is 1.33 bits per heavy atom. The lowest BCUT2D eigenvalue weighted by molar-refractivity contribution is -0.180. The number of carbonyl (C=O) groups is 6. The molecule has 2 amide bonds. The summed E-state index contributed by atoms with van der Waals surface area (Å²) in [5, 5.41) is 43.5. The third-order valence-corrected chi connectivity index (χ3v) is 7.44. The van der Waals surface area contributed by atoms with Gasteiger partial charge in [0.2, 0.25) is 11.4 Å². The van der Waals surface area contributed by atoms with E-state index >= 15 is 0 Å². The zero-order chi connectivity index (χ0) is 32.1. The predicted octanol–water partition coefficient (Wildman–Crippen LogP) is -1.00. The molecule has 0 spiro atoms. The van der Waals surface area contributed by atoms with Crippen LogP contribution in [0.5, 0.6) is 0 Å². The molecule has 13 heteroatoms. The van der Waals surface area contributed by atoms with E-state index in [1.807, 2.05) is 0 Å². The number of Topliss-reactive ketones (excluding diaryl/α,β-unsaturated/α-hetero) is 3. The number of nitrogens with one attached hydrogen (secondary N) is 1. The van der Waals surface area contributed by atoms with Crippen LogP contribution in [0.25, 0.3) is 0 Å². The summed E-state index contributed by atoms with van der Waals surface area (Å²) >= 11 is 0. The molecule has 0 aliphatic heterocycles. The maximum absolute atomic E-state index is 15.0. The van der Waals surface area contributed by atoms with Crippen LogP contribution in [0, 0.1) is 11.8 Å². The Morgan fingerprint density at radius 3 is 1.64 bits per heavy atom. The number of hydrogen-bond donors (Lipinski definition) is 5. The molecular formula is C26H45N3O10. The van der Waals surface area contributed by atoms with Crippen LogP contribution in [0.1, 0.15) is 63.2 Å². The standard InChI is InChI=1S/C26H45N3O10/c1-12-14(4)26(29(11)20(34)16(6)31,22(36)25(8,39)23(37)38)21(35)24(7,28(10)19(33)15(5)30)18(32)17(27-9)13(2)3/h13-17,27,30-31,39H,12H2,1-11H3,(H,37,38)/t14-,15+,16-,17-,24+,25-,26+/m0/s1/i10D. The van der Waals surface area contributed by atoms with Crippen LogP contribution in [-0.2, 0) is 28.8 Å². The topological polar surface area (TPSA) is 202 Å². The second-order valence-corrected chi connectivity index (χ2v) is 10.6. The summed E-state index contributed by atoms with van der Waals surface area (Å²) in [6.07, 6.45) is -3.69. The average molecular weight is 561 g/mol. The molecule has 7 atom stereocenters. The Kier molecular flexibility index (Phi) is 11.5. The highest BCUT2D eigenvalue weighted by Crippen LogP contribution is 2.39. The monoisotopic (exact) mass is 560 g/mol. The van der Waals surface area contributed by atoms with Crippen molar-refractivity contribution in [2.75, 3.05) is 21.1 Å². The molecular weight excluding hydrogens is 514 g/mol. The van der Waals surface area contributed by atoms with Crippen LogP contribution in [0.15, 0.2) is 0 Å². The maximum Gasteiger partial charge on any atom is 0.343 e. The van der Waals surface area contributed by atoms with Crippen molar-refractivity contribution in [2.24, 2.45) is 11.8 Å². The predicted molar refractivity (Wildman–Crippen MR) is 140 cm³/mol. The molecule has 0 aromatic heterocycles. The molecule has 0 aliphatic carbocycles. The van der Waals surface area contributed by atoms with Gasteiger partial charge in [0.25, 0.3) is 11.8 Å². The Labute approximate surface area is 230 Å². The largest absolute Gasteiger partial charge is 0.479 e. The van der Waals surface area contributed by atoms with Crippen molar-refractivity contribution in [1.82, 2.24) is 15.1 Å². The van der Waals surface area contributed by atoms with E-state index in [-0.39, 0.29) is 6.42 Å². The first-order valence-electron chi connectivity index (χ1n) is 13.3. The second-order valence-electron chi connectivity index (χ2n) is 10.6. The number of carboxylic acids is 1. The van der Waals surface area contributed by atoms with Crippen molar-refractivity contribution in [3.8, 4) is 0 Å². The highest BCUT2D eigenvalue weighted by atomic mass is 16.4. The van der Waals surface area contributed by atoms with Crippen LogP contribution in [0.4, 0.5) is 0 Å². The van der Waals surface area contributed by atoms with E-state index in [2.05, 4.69) is 5.32 Å². The molecule has 0 radical (unpaired) electrons. The Morgan fingerprint density at radius 1 is 0.897 bits per heavy atom. The minimum Gasteiger partial charge on any atom is -0.479 e. The minimum absolute atomic E-state index is 0.0836. The lowest BCUT2D eigenvalue weighted by atomic mass is 9.63. The smallest absolute Gasteiger partial charge is 0.343 e. The van der Waals surface area contributed by atoms with Gasteiger partial charge in [0.1, 0.15) is 12.2 Å². The first kappa shape index (κ1) is 34.3. The lowest BCUT2D eigenvalue weighted by Gasteiger charge is -2.51. The third-order valence-electron chi connectivity index (χ3n) is 7.44. The molecule has 0 unspecified atom stereocenters. The zero-order valence-electron chi connectivity index (χ0n) is 25.4. The number of ketones is 3. The molecule has 0 saturated carbocycles. The van der Waals surface area contributed by atoms with E-state index in [1.54, 1.807) is 13.8 Å². The molecule has 0 saturated heterocycles. The number of hydrogen-bond acceptors (Lipinski definition) is 10. The molecule has 0 aliphatic rings. The highest BCUT2D eigenvalue weighted by molar-refractivity contribution is 6.30. The molecule has 13 nitrogen and oxygen atoms in total. The van der Waals surface area contributed by atoms with Gasteiger partial charge in [-0.2, -0.15) is 0 Å². The van der Waals surface area contributed by atoms with Crippen molar-refractivity contribution in [3.63, 3.8) is 0 Å². The molecule has 0 bridgehead atoms. The van der Waals surface area contributed by atoms with Gasteiger partial charge in [0.15, 0.2) is 22.6 Å². The van der Waals surface area contributed by atoms with Crippen molar-refractivity contribution in [3.05, 3.63) is 0 Å². The van der Waals surface area contributed by atoms with Gasteiger partial charge in [-0.3, -0.25) is 24.0 Å². The van der Waals surface area contributed by atoms with Crippen LogP contribution < -0.4 is 5.32 Å². The molecule has 0 aromatic carbocycles. The number of rotatable bonds is 15. The van der Waals surface area contributed by atoms with Gasteiger partial charge in [-0.1, -0.05) is 34.1 Å².